The zero-order valence-corrected chi connectivity index (χ0v) is 23.4. The molecule has 5 aromatic rings. The van der Waals surface area contributed by atoms with Crippen LogP contribution in [0.2, 0.25) is 5.02 Å². The Bertz CT molecular complexity index is 1570. The Hall–Kier alpha value is -3.87. The molecule has 0 fully saturated rings. The zero-order chi connectivity index (χ0) is 27.2. The van der Waals surface area contributed by atoms with Crippen LogP contribution in [0.25, 0.3) is 5.69 Å². The fourth-order valence-electron chi connectivity index (χ4n) is 4.42. The fraction of sp³-hybridized carbons (Fsp3) is 0.156. The molecule has 1 amide bonds. The maximum absolute atomic E-state index is 13.4. The molecule has 0 saturated carbocycles. The van der Waals surface area contributed by atoms with Crippen molar-refractivity contribution in [2.75, 3.05) is 0 Å². The largest absolute Gasteiger partial charge is 0.342 e. The first-order valence-corrected chi connectivity index (χ1v) is 14.1. The van der Waals surface area contributed by atoms with Crippen molar-refractivity contribution in [2.45, 2.75) is 37.2 Å². The van der Waals surface area contributed by atoms with Gasteiger partial charge in [0.05, 0.1) is 16.6 Å². The number of halogens is 1. The highest BCUT2D eigenvalue weighted by atomic mass is 35.5. The number of hydrogen-bond acceptors (Lipinski definition) is 4. The van der Waals surface area contributed by atoms with Crippen LogP contribution in [0.15, 0.2) is 108 Å². The number of nitrogens with one attached hydrogen (secondary N) is 1. The minimum Gasteiger partial charge on any atom is -0.342 e. The van der Waals surface area contributed by atoms with Gasteiger partial charge in [0.25, 0.3) is 5.91 Å². The van der Waals surface area contributed by atoms with Crippen LogP contribution in [0, 0.1) is 13.8 Å². The highest BCUT2D eigenvalue weighted by Crippen LogP contribution is 2.30. The predicted molar refractivity (Wildman–Crippen MR) is 159 cm³/mol. The van der Waals surface area contributed by atoms with Gasteiger partial charge in [0.2, 0.25) is 0 Å². The molecule has 0 bridgehead atoms. The van der Waals surface area contributed by atoms with Gasteiger partial charge >= 0.3 is 0 Å². The molecule has 0 aliphatic heterocycles. The van der Waals surface area contributed by atoms with Gasteiger partial charge in [-0.1, -0.05) is 113 Å². The van der Waals surface area contributed by atoms with Gasteiger partial charge in [0, 0.05) is 11.4 Å². The lowest BCUT2D eigenvalue weighted by molar-refractivity contribution is 0.0934. The molecule has 5 rings (SSSR count). The topological polar surface area (TPSA) is 59.8 Å². The van der Waals surface area contributed by atoms with Crippen LogP contribution in [-0.2, 0) is 12.2 Å². The number of rotatable bonds is 9. The molecule has 0 spiro atoms. The second-order valence-electron chi connectivity index (χ2n) is 9.49. The van der Waals surface area contributed by atoms with Gasteiger partial charge in [-0.25, -0.2) is 0 Å². The molecule has 1 N–H and O–H groups in total. The lowest BCUT2D eigenvalue weighted by Gasteiger charge is -2.21. The molecule has 0 saturated heterocycles. The van der Waals surface area contributed by atoms with E-state index in [1.807, 2.05) is 30.3 Å². The van der Waals surface area contributed by atoms with Crippen molar-refractivity contribution >= 4 is 29.3 Å². The third kappa shape index (κ3) is 6.59. The fourth-order valence-corrected chi connectivity index (χ4v) is 5.55. The van der Waals surface area contributed by atoms with Crippen LogP contribution in [-0.4, -0.2) is 20.7 Å². The number of amides is 1. The van der Waals surface area contributed by atoms with Gasteiger partial charge in [-0.2, -0.15) is 0 Å². The van der Waals surface area contributed by atoms with Gasteiger partial charge in [-0.3, -0.25) is 9.36 Å². The summed E-state index contributed by atoms with van der Waals surface area (Å²) in [5, 5.41) is 13.6. The van der Waals surface area contributed by atoms with E-state index < -0.39 is 6.04 Å². The maximum Gasteiger partial charge on any atom is 0.253 e. The predicted octanol–water partition coefficient (Wildman–Crippen LogP) is 7.54. The Balaban J connectivity index is 1.55. The lowest BCUT2D eigenvalue weighted by atomic mass is 10.0. The van der Waals surface area contributed by atoms with Crippen molar-refractivity contribution in [3.8, 4) is 5.69 Å². The van der Waals surface area contributed by atoms with E-state index in [4.69, 9.17) is 11.6 Å². The molecule has 1 aromatic heterocycles. The van der Waals surface area contributed by atoms with Crippen LogP contribution in [0.3, 0.4) is 0 Å². The van der Waals surface area contributed by atoms with Crippen LogP contribution in [0.4, 0.5) is 0 Å². The highest BCUT2D eigenvalue weighted by Gasteiger charge is 2.26. The van der Waals surface area contributed by atoms with Crippen molar-refractivity contribution < 1.29 is 4.79 Å². The molecular weight excluding hydrogens is 524 g/mol. The lowest BCUT2D eigenvalue weighted by Crippen LogP contribution is -2.32. The van der Waals surface area contributed by atoms with E-state index in [2.05, 4.69) is 94.6 Å². The molecule has 1 heterocycles. The first-order valence-electron chi connectivity index (χ1n) is 12.8. The van der Waals surface area contributed by atoms with Gasteiger partial charge in [0.15, 0.2) is 11.0 Å². The quantitative estimate of drug-likeness (QED) is 0.192. The van der Waals surface area contributed by atoms with Gasteiger partial charge in [-0.05, 0) is 55.7 Å². The van der Waals surface area contributed by atoms with E-state index in [-0.39, 0.29) is 5.91 Å². The molecule has 39 heavy (non-hydrogen) atoms. The molecule has 196 valence electrons. The second-order valence-corrected chi connectivity index (χ2v) is 10.8. The van der Waals surface area contributed by atoms with E-state index in [1.54, 1.807) is 23.9 Å². The van der Waals surface area contributed by atoms with Crippen molar-refractivity contribution in [3.05, 3.63) is 142 Å². The summed E-state index contributed by atoms with van der Waals surface area (Å²) >= 11 is 7.99. The minimum absolute atomic E-state index is 0.256. The van der Waals surface area contributed by atoms with E-state index in [0.717, 1.165) is 27.7 Å². The number of thioether (sulfide) groups is 1. The number of nitrogens with zero attached hydrogens (tertiary/aromatic N) is 3. The number of hydrogen-bond donors (Lipinski definition) is 1. The van der Waals surface area contributed by atoms with E-state index in [0.29, 0.717) is 22.8 Å². The van der Waals surface area contributed by atoms with E-state index in [9.17, 15) is 4.79 Å². The smallest absolute Gasteiger partial charge is 0.253 e. The maximum atomic E-state index is 13.4. The van der Waals surface area contributed by atoms with Gasteiger partial charge < -0.3 is 5.32 Å². The molecule has 7 heteroatoms. The van der Waals surface area contributed by atoms with Gasteiger partial charge in [-0.15, -0.1) is 10.2 Å². The monoisotopic (exact) mass is 552 g/mol. The van der Waals surface area contributed by atoms with Gasteiger partial charge in [0.1, 0.15) is 0 Å². The Morgan fingerprint density at radius 2 is 1.56 bits per heavy atom. The van der Waals surface area contributed by atoms with Crippen LogP contribution < -0.4 is 5.32 Å². The summed E-state index contributed by atoms with van der Waals surface area (Å²) < 4.78 is 2.06. The summed E-state index contributed by atoms with van der Waals surface area (Å²) in [6.07, 6.45) is 0.545. The standard InChI is InChI=1S/C32H29ClN4OS/c1-22-15-17-26(18-16-22)37-30(35-36-32(37)39-21-25-12-8-9-23(2)19-25)29(20-24-10-4-3-5-11-24)34-31(38)27-13-6-7-14-28(27)33/h3-19,29H,20-21H2,1-2H3,(H,34,38). The molecule has 0 aliphatic rings. The summed E-state index contributed by atoms with van der Waals surface area (Å²) in [5.41, 5.74) is 6.04. The van der Waals surface area contributed by atoms with Crippen LogP contribution in [0.5, 0.6) is 0 Å². The molecule has 4 aromatic carbocycles. The summed E-state index contributed by atoms with van der Waals surface area (Å²) in [4.78, 5) is 13.4. The van der Waals surface area contributed by atoms with Crippen molar-refractivity contribution in [1.82, 2.24) is 20.1 Å². The molecule has 1 atom stereocenters. The summed E-state index contributed by atoms with van der Waals surface area (Å²) in [6, 6.07) is 33.4. The molecular formula is C32H29ClN4OS. The van der Waals surface area contributed by atoms with E-state index in [1.165, 1.54) is 11.1 Å². The van der Waals surface area contributed by atoms with Crippen LogP contribution >= 0.6 is 23.4 Å². The Morgan fingerprint density at radius 1 is 0.846 bits per heavy atom. The second kappa shape index (κ2) is 12.3. The third-order valence-corrected chi connectivity index (χ3v) is 7.75. The number of benzene rings is 4. The summed E-state index contributed by atoms with van der Waals surface area (Å²) in [7, 11) is 0. The van der Waals surface area contributed by atoms with Crippen LogP contribution in [0.1, 0.15) is 44.5 Å². The summed E-state index contributed by atoms with van der Waals surface area (Å²) in [6.45, 7) is 4.16. The highest BCUT2D eigenvalue weighted by molar-refractivity contribution is 7.98. The first-order chi connectivity index (χ1) is 19.0. The van der Waals surface area contributed by atoms with Crippen molar-refractivity contribution in [2.24, 2.45) is 0 Å². The number of aromatic nitrogens is 3. The molecule has 1 unspecified atom stereocenters. The normalized spacial score (nSPS) is 11.8. The average Bonchev–Trinajstić information content (AvgIpc) is 3.37. The van der Waals surface area contributed by atoms with E-state index >= 15 is 0 Å². The Kier molecular flexibility index (Phi) is 8.45. The summed E-state index contributed by atoms with van der Waals surface area (Å²) in [5.74, 6) is 1.16. The molecule has 0 radical (unpaired) electrons. The first kappa shape index (κ1) is 26.7. The number of carbonyl (C=O) groups is 1. The number of aryl methyl sites for hydroxylation is 2. The minimum atomic E-state index is -0.446. The Labute approximate surface area is 238 Å². The van der Waals surface area contributed by atoms with Crippen molar-refractivity contribution in [1.29, 1.82) is 0 Å². The zero-order valence-electron chi connectivity index (χ0n) is 21.8. The Morgan fingerprint density at radius 3 is 2.31 bits per heavy atom. The SMILES string of the molecule is Cc1ccc(-n2c(SCc3cccc(C)c3)nnc2C(Cc2ccccc2)NC(=O)c2ccccc2Cl)cc1. The molecule has 5 nitrogen and oxygen atoms in total. The number of carbonyl (C=O) groups excluding carboxylic acids is 1. The average molecular weight is 553 g/mol. The van der Waals surface area contributed by atoms with Crippen molar-refractivity contribution in [3.63, 3.8) is 0 Å². The molecule has 0 aliphatic carbocycles. The third-order valence-electron chi connectivity index (χ3n) is 6.42.